The summed E-state index contributed by atoms with van der Waals surface area (Å²) >= 11 is 3.39. The van der Waals surface area contributed by atoms with Crippen molar-refractivity contribution in [2.45, 2.75) is 19.9 Å². The Morgan fingerprint density at radius 2 is 1.95 bits per heavy atom. The first-order chi connectivity index (χ1) is 10.2. The van der Waals surface area contributed by atoms with E-state index in [0.29, 0.717) is 24.5 Å². The van der Waals surface area contributed by atoms with Gasteiger partial charge in [-0.25, -0.2) is 0 Å². The Labute approximate surface area is 133 Å². The summed E-state index contributed by atoms with van der Waals surface area (Å²) in [5.74, 6) is 0.483. The average Bonchev–Trinajstić information content (AvgIpc) is 2.52. The van der Waals surface area contributed by atoms with Crippen LogP contribution in [0.2, 0.25) is 0 Å². The van der Waals surface area contributed by atoms with Crippen LogP contribution in [0.25, 0.3) is 0 Å². The molecule has 0 aromatic heterocycles. The fourth-order valence-corrected chi connectivity index (χ4v) is 2.25. The maximum atomic E-state index is 12.3. The summed E-state index contributed by atoms with van der Waals surface area (Å²) in [5.41, 5.74) is 1.62. The Morgan fingerprint density at radius 3 is 2.67 bits per heavy atom. The fourth-order valence-electron chi connectivity index (χ4n) is 1.89. The van der Waals surface area contributed by atoms with E-state index in [-0.39, 0.29) is 5.91 Å². The van der Waals surface area contributed by atoms with Gasteiger partial charge in [-0.15, -0.1) is 0 Å². The van der Waals surface area contributed by atoms with Crippen molar-refractivity contribution >= 4 is 21.8 Å². The highest BCUT2D eigenvalue weighted by Crippen LogP contribution is 2.23. The van der Waals surface area contributed by atoms with E-state index < -0.39 is 0 Å². The molecule has 0 bridgehead atoms. The molecule has 0 radical (unpaired) electrons. The van der Waals surface area contributed by atoms with Crippen LogP contribution in [-0.2, 0) is 6.54 Å². The van der Waals surface area contributed by atoms with Crippen LogP contribution < -0.4 is 10.1 Å². The SMILES string of the molecule is CCCOc1ccc(Br)cc1C(=O)NCc1ccccc1. The van der Waals surface area contributed by atoms with Crippen LogP contribution in [0, 0.1) is 0 Å². The lowest BCUT2D eigenvalue weighted by molar-refractivity contribution is 0.0946. The van der Waals surface area contributed by atoms with E-state index in [4.69, 9.17) is 4.74 Å². The first-order valence-electron chi connectivity index (χ1n) is 6.95. The molecule has 0 heterocycles. The molecule has 0 saturated carbocycles. The molecule has 0 aliphatic rings. The number of benzene rings is 2. The molecular weight excluding hydrogens is 330 g/mol. The normalized spacial score (nSPS) is 10.2. The third-order valence-electron chi connectivity index (χ3n) is 2.94. The first kappa shape index (κ1) is 15.6. The number of nitrogens with one attached hydrogen (secondary N) is 1. The lowest BCUT2D eigenvalue weighted by atomic mass is 10.1. The molecule has 1 amide bonds. The van der Waals surface area contributed by atoms with Crippen molar-refractivity contribution < 1.29 is 9.53 Å². The van der Waals surface area contributed by atoms with Crippen molar-refractivity contribution in [1.82, 2.24) is 5.32 Å². The highest BCUT2D eigenvalue weighted by Gasteiger charge is 2.13. The van der Waals surface area contributed by atoms with Crippen molar-refractivity contribution in [1.29, 1.82) is 0 Å². The molecule has 0 atom stereocenters. The Kier molecular flexibility index (Phi) is 5.81. The lowest BCUT2D eigenvalue weighted by Crippen LogP contribution is -2.23. The van der Waals surface area contributed by atoms with E-state index in [9.17, 15) is 4.79 Å². The van der Waals surface area contributed by atoms with Crippen molar-refractivity contribution in [2.75, 3.05) is 6.61 Å². The van der Waals surface area contributed by atoms with Crippen LogP contribution in [0.1, 0.15) is 29.3 Å². The van der Waals surface area contributed by atoms with Gasteiger partial charge in [0.25, 0.3) is 5.91 Å². The maximum Gasteiger partial charge on any atom is 0.255 e. The molecule has 1 N–H and O–H groups in total. The predicted octanol–water partition coefficient (Wildman–Crippen LogP) is 4.17. The van der Waals surface area contributed by atoms with E-state index in [1.165, 1.54) is 0 Å². The molecule has 0 saturated heterocycles. The number of rotatable bonds is 6. The molecule has 0 unspecified atom stereocenters. The summed E-state index contributed by atoms with van der Waals surface area (Å²) < 4.78 is 6.49. The summed E-state index contributed by atoms with van der Waals surface area (Å²) in [6.45, 7) is 3.13. The molecule has 2 rings (SSSR count). The number of hydrogen-bond acceptors (Lipinski definition) is 2. The van der Waals surface area contributed by atoms with Crippen LogP contribution in [0.15, 0.2) is 53.0 Å². The minimum atomic E-state index is -0.133. The quantitative estimate of drug-likeness (QED) is 0.851. The smallest absolute Gasteiger partial charge is 0.255 e. The minimum Gasteiger partial charge on any atom is -0.493 e. The van der Waals surface area contributed by atoms with Gasteiger partial charge in [0.05, 0.1) is 12.2 Å². The second kappa shape index (κ2) is 7.84. The molecule has 4 heteroatoms. The first-order valence-corrected chi connectivity index (χ1v) is 7.74. The molecule has 0 spiro atoms. The summed E-state index contributed by atoms with van der Waals surface area (Å²) in [5, 5.41) is 2.92. The number of amides is 1. The van der Waals surface area contributed by atoms with E-state index in [2.05, 4.69) is 21.2 Å². The van der Waals surface area contributed by atoms with Gasteiger partial charge in [-0.1, -0.05) is 53.2 Å². The second-order valence-electron chi connectivity index (χ2n) is 4.66. The molecule has 21 heavy (non-hydrogen) atoms. The van der Waals surface area contributed by atoms with Crippen LogP contribution in [0.3, 0.4) is 0 Å². The number of carbonyl (C=O) groups excluding carboxylic acids is 1. The molecule has 2 aromatic carbocycles. The Bertz CT molecular complexity index is 599. The summed E-state index contributed by atoms with van der Waals surface area (Å²) in [6.07, 6.45) is 0.904. The van der Waals surface area contributed by atoms with Gasteiger partial charge in [0.15, 0.2) is 0 Å². The fraction of sp³-hybridized carbons (Fsp3) is 0.235. The van der Waals surface area contributed by atoms with Gasteiger partial charge in [-0.3, -0.25) is 4.79 Å². The van der Waals surface area contributed by atoms with E-state index in [0.717, 1.165) is 16.5 Å². The topological polar surface area (TPSA) is 38.3 Å². The van der Waals surface area contributed by atoms with Crippen molar-refractivity contribution in [3.63, 3.8) is 0 Å². The van der Waals surface area contributed by atoms with Crippen molar-refractivity contribution in [3.05, 3.63) is 64.1 Å². The maximum absolute atomic E-state index is 12.3. The zero-order valence-corrected chi connectivity index (χ0v) is 13.5. The molecule has 110 valence electrons. The molecule has 2 aromatic rings. The van der Waals surface area contributed by atoms with Crippen molar-refractivity contribution in [2.24, 2.45) is 0 Å². The third-order valence-corrected chi connectivity index (χ3v) is 3.44. The second-order valence-corrected chi connectivity index (χ2v) is 5.57. The van der Waals surface area contributed by atoms with Crippen LogP contribution >= 0.6 is 15.9 Å². The number of ether oxygens (including phenoxy) is 1. The van der Waals surface area contributed by atoms with Gasteiger partial charge >= 0.3 is 0 Å². The third kappa shape index (κ3) is 4.60. The highest BCUT2D eigenvalue weighted by atomic mass is 79.9. The van der Waals surface area contributed by atoms with Crippen LogP contribution in [0.4, 0.5) is 0 Å². The number of carbonyl (C=O) groups is 1. The monoisotopic (exact) mass is 347 g/mol. The Morgan fingerprint density at radius 1 is 1.19 bits per heavy atom. The highest BCUT2D eigenvalue weighted by molar-refractivity contribution is 9.10. The van der Waals surface area contributed by atoms with E-state index in [1.807, 2.05) is 49.4 Å². The number of hydrogen-bond donors (Lipinski definition) is 1. The summed E-state index contributed by atoms with van der Waals surface area (Å²) in [4.78, 5) is 12.3. The van der Waals surface area contributed by atoms with E-state index in [1.54, 1.807) is 6.07 Å². The molecule has 0 aliphatic carbocycles. The molecule has 0 fully saturated rings. The average molecular weight is 348 g/mol. The van der Waals surface area contributed by atoms with E-state index >= 15 is 0 Å². The van der Waals surface area contributed by atoms with Gasteiger partial charge in [0, 0.05) is 11.0 Å². The standard InChI is InChI=1S/C17H18BrNO2/c1-2-10-21-16-9-8-14(18)11-15(16)17(20)19-12-13-6-4-3-5-7-13/h3-9,11H,2,10,12H2,1H3,(H,19,20). The zero-order valence-electron chi connectivity index (χ0n) is 11.9. The zero-order chi connectivity index (χ0) is 15.1. The molecule has 0 aliphatic heterocycles. The minimum absolute atomic E-state index is 0.133. The number of halogens is 1. The van der Waals surface area contributed by atoms with Gasteiger partial charge in [-0.2, -0.15) is 0 Å². The Hall–Kier alpha value is -1.81. The van der Waals surface area contributed by atoms with Crippen LogP contribution in [0.5, 0.6) is 5.75 Å². The summed E-state index contributed by atoms with van der Waals surface area (Å²) in [7, 11) is 0. The van der Waals surface area contributed by atoms with Gasteiger partial charge in [0.2, 0.25) is 0 Å². The summed E-state index contributed by atoms with van der Waals surface area (Å²) in [6, 6.07) is 15.3. The van der Waals surface area contributed by atoms with Gasteiger partial charge in [0.1, 0.15) is 5.75 Å². The largest absolute Gasteiger partial charge is 0.493 e. The van der Waals surface area contributed by atoms with Gasteiger partial charge in [-0.05, 0) is 30.2 Å². The lowest BCUT2D eigenvalue weighted by Gasteiger charge is -2.12. The molecule has 3 nitrogen and oxygen atoms in total. The molecular formula is C17H18BrNO2. The van der Waals surface area contributed by atoms with Gasteiger partial charge < -0.3 is 10.1 Å². The van der Waals surface area contributed by atoms with Crippen LogP contribution in [-0.4, -0.2) is 12.5 Å². The predicted molar refractivity (Wildman–Crippen MR) is 87.5 cm³/mol. The van der Waals surface area contributed by atoms with Crippen molar-refractivity contribution in [3.8, 4) is 5.75 Å². The Balaban J connectivity index is 2.08.